The van der Waals surface area contributed by atoms with E-state index in [0.717, 1.165) is 23.4 Å². The van der Waals surface area contributed by atoms with E-state index in [-0.39, 0.29) is 0 Å². The summed E-state index contributed by atoms with van der Waals surface area (Å²) >= 11 is 0. The number of hydrogen-bond acceptors (Lipinski definition) is 3. The smallest absolute Gasteiger partial charge is 0.299 e. The molecule has 3 rings (SSSR count). The third-order valence-electron chi connectivity index (χ3n) is 4.06. The number of fused-ring (bicyclic) bond motifs is 1. The largest absolute Gasteiger partial charge is 0.305 e. The number of Topliss-reactive ketones (excluding diaryl/α,β-unsaturated/α-hetero) is 1. The molecule has 21 heavy (non-hydrogen) atoms. The highest BCUT2D eigenvalue weighted by Gasteiger charge is 2.32. The minimum Gasteiger partial charge on any atom is -0.305 e. The van der Waals surface area contributed by atoms with Crippen molar-refractivity contribution in [2.75, 3.05) is 11.4 Å². The Balaban J connectivity index is 1.95. The van der Waals surface area contributed by atoms with Gasteiger partial charge in [-0.3, -0.25) is 14.3 Å². The Morgan fingerprint density at radius 2 is 1.90 bits per heavy atom. The first-order valence-corrected chi connectivity index (χ1v) is 6.95. The number of para-hydroxylation sites is 1. The van der Waals surface area contributed by atoms with Crippen LogP contribution in [-0.4, -0.2) is 28.0 Å². The molecule has 2 aromatic rings. The molecule has 0 saturated heterocycles. The molecule has 0 radical (unpaired) electrons. The number of carbonyl (C=O) groups is 2. The standard InChI is InChI=1S/C16H17N3O2/c1-10-14(11(2)18(3)17-10)15(20)16(21)19-9-8-12-6-4-5-7-13(12)19/h4-7H,8-9H2,1-3H3. The van der Waals surface area contributed by atoms with Gasteiger partial charge < -0.3 is 4.90 Å². The highest BCUT2D eigenvalue weighted by molar-refractivity contribution is 6.47. The lowest BCUT2D eigenvalue weighted by Crippen LogP contribution is -2.35. The maximum atomic E-state index is 12.6. The van der Waals surface area contributed by atoms with Crippen LogP contribution in [0.5, 0.6) is 0 Å². The van der Waals surface area contributed by atoms with Crippen molar-refractivity contribution in [3.8, 4) is 0 Å². The Labute approximate surface area is 123 Å². The fourth-order valence-electron chi connectivity index (χ4n) is 2.88. The third-order valence-corrected chi connectivity index (χ3v) is 4.06. The summed E-state index contributed by atoms with van der Waals surface area (Å²) in [6.45, 7) is 4.12. The molecule has 2 heterocycles. The second-order valence-electron chi connectivity index (χ2n) is 5.33. The monoisotopic (exact) mass is 283 g/mol. The summed E-state index contributed by atoms with van der Waals surface area (Å²) in [6, 6.07) is 7.71. The normalized spacial score (nSPS) is 13.4. The Kier molecular flexibility index (Phi) is 3.12. The zero-order valence-corrected chi connectivity index (χ0v) is 12.4. The van der Waals surface area contributed by atoms with Crippen molar-refractivity contribution in [1.82, 2.24) is 9.78 Å². The Hall–Kier alpha value is -2.43. The lowest BCUT2D eigenvalue weighted by Gasteiger charge is -2.16. The van der Waals surface area contributed by atoms with Crippen molar-refractivity contribution in [1.29, 1.82) is 0 Å². The molecule has 0 bridgehead atoms. The van der Waals surface area contributed by atoms with Crippen molar-refractivity contribution < 1.29 is 9.59 Å². The number of nitrogens with zero attached hydrogens (tertiary/aromatic N) is 3. The number of hydrogen-bond donors (Lipinski definition) is 0. The topological polar surface area (TPSA) is 55.2 Å². The van der Waals surface area contributed by atoms with E-state index in [4.69, 9.17) is 0 Å². The van der Waals surface area contributed by atoms with Gasteiger partial charge in [-0.25, -0.2) is 0 Å². The summed E-state index contributed by atoms with van der Waals surface area (Å²) in [7, 11) is 1.77. The molecule has 0 N–H and O–H groups in total. The van der Waals surface area contributed by atoms with Crippen LogP contribution in [-0.2, 0) is 18.3 Å². The first-order chi connectivity index (χ1) is 10.0. The molecule has 0 saturated carbocycles. The number of rotatable bonds is 2. The quantitative estimate of drug-likeness (QED) is 0.624. The van der Waals surface area contributed by atoms with Crippen molar-refractivity contribution in [2.24, 2.45) is 7.05 Å². The molecule has 0 aliphatic carbocycles. The molecule has 0 unspecified atom stereocenters. The highest BCUT2D eigenvalue weighted by atomic mass is 16.2. The van der Waals surface area contributed by atoms with Gasteiger partial charge in [0.05, 0.1) is 11.3 Å². The van der Waals surface area contributed by atoms with Gasteiger partial charge in [0.2, 0.25) is 0 Å². The van der Waals surface area contributed by atoms with E-state index in [1.165, 1.54) is 0 Å². The van der Waals surface area contributed by atoms with Crippen LogP contribution in [0.25, 0.3) is 0 Å². The molecule has 1 aliphatic rings. The molecule has 1 aliphatic heterocycles. The van der Waals surface area contributed by atoms with Gasteiger partial charge in [0.15, 0.2) is 0 Å². The third kappa shape index (κ3) is 2.05. The van der Waals surface area contributed by atoms with Gasteiger partial charge in [-0.2, -0.15) is 5.10 Å². The van der Waals surface area contributed by atoms with E-state index >= 15 is 0 Å². The highest BCUT2D eigenvalue weighted by Crippen LogP contribution is 2.28. The second kappa shape index (κ2) is 4.84. The summed E-state index contributed by atoms with van der Waals surface area (Å²) < 4.78 is 1.63. The number of amides is 1. The van der Waals surface area contributed by atoms with E-state index in [1.807, 2.05) is 24.3 Å². The zero-order valence-electron chi connectivity index (χ0n) is 12.4. The molecule has 1 aromatic carbocycles. The molecule has 108 valence electrons. The molecule has 5 nitrogen and oxygen atoms in total. The molecule has 1 amide bonds. The first-order valence-electron chi connectivity index (χ1n) is 6.95. The Bertz CT molecular complexity index is 746. The molecule has 0 atom stereocenters. The van der Waals surface area contributed by atoms with Gasteiger partial charge in [0.25, 0.3) is 11.7 Å². The van der Waals surface area contributed by atoms with Gasteiger partial charge in [0, 0.05) is 25.0 Å². The van der Waals surface area contributed by atoms with Gasteiger partial charge in [0.1, 0.15) is 0 Å². The van der Waals surface area contributed by atoms with Crippen LogP contribution < -0.4 is 4.90 Å². The maximum Gasteiger partial charge on any atom is 0.299 e. The number of aromatic nitrogens is 2. The van der Waals surface area contributed by atoms with E-state index < -0.39 is 11.7 Å². The number of carbonyl (C=O) groups excluding carboxylic acids is 2. The van der Waals surface area contributed by atoms with Gasteiger partial charge in [-0.05, 0) is 31.9 Å². The summed E-state index contributed by atoms with van der Waals surface area (Å²) in [5, 5.41) is 4.21. The van der Waals surface area contributed by atoms with Crippen LogP contribution in [0.15, 0.2) is 24.3 Å². The number of ketones is 1. The molecular formula is C16H17N3O2. The minimum absolute atomic E-state index is 0.423. The summed E-state index contributed by atoms with van der Waals surface area (Å²) in [5.41, 5.74) is 3.69. The predicted molar refractivity (Wildman–Crippen MR) is 79.5 cm³/mol. The Morgan fingerprint density at radius 1 is 1.19 bits per heavy atom. The summed E-state index contributed by atoms with van der Waals surface area (Å²) in [5.74, 6) is -0.950. The van der Waals surface area contributed by atoms with Crippen LogP contribution in [0.2, 0.25) is 0 Å². The van der Waals surface area contributed by atoms with E-state index in [9.17, 15) is 9.59 Å². The van der Waals surface area contributed by atoms with Crippen LogP contribution in [0.1, 0.15) is 27.3 Å². The van der Waals surface area contributed by atoms with E-state index in [1.54, 1.807) is 30.5 Å². The van der Waals surface area contributed by atoms with Crippen LogP contribution in [0.3, 0.4) is 0 Å². The lowest BCUT2D eigenvalue weighted by atomic mass is 10.1. The van der Waals surface area contributed by atoms with Gasteiger partial charge >= 0.3 is 0 Å². The lowest BCUT2D eigenvalue weighted by molar-refractivity contribution is -0.114. The Morgan fingerprint density at radius 3 is 2.57 bits per heavy atom. The molecular weight excluding hydrogens is 266 g/mol. The van der Waals surface area contributed by atoms with Crippen molar-refractivity contribution in [3.05, 3.63) is 46.8 Å². The molecule has 5 heteroatoms. The van der Waals surface area contributed by atoms with Gasteiger partial charge in [-0.15, -0.1) is 0 Å². The van der Waals surface area contributed by atoms with Crippen LogP contribution >= 0.6 is 0 Å². The predicted octanol–water partition coefficient (Wildman–Crippen LogP) is 1.81. The zero-order chi connectivity index (χ0) is 15.1. The molecule has 1 aromatic heterocycles. The van der Waals surface area contributed by atoms with Crippen LogP contribution in [0, 0.1) is 13.8 Å². The second-order valence-corrected chi connectivity index (χ2v) is 5.33. The fourth-order valence-corrected chi connectivity index (χ4v) is 2.88. The average molecular weight is 283 g/mol. The maximum absolute atomic E-state index is 12.6. The number of anilines is 1. The first kappa shape index (κ1) is 13.5. The van der Waals surface area contributed by atoms with Crippen molar-refractivity contribution in [2.45, 2.75) is 20.3 Å². The van der Waals surface area contributed by atoms with E-state index in [2.05, 4.69) is 5.10 Å². The van der Waals surface area contributed by atoms with Crippen LogP contribution in [0.4, 0.5) is 5.69 Å². The van der Waals surface area contributed by atoms with E-state index in [0.29, 0.717) is 17.8 Å². The fraction of sp³-hybridized carbons (Fsp3) is 0.312. The SMILES string of the molecule is Cc1nn(C)c(C)c1C(=O)C(=O)N1CCc2ccccc21. The summed E-state index contributed by atoms with van der Waals surface area (Å²) in [4.78, 5) is 26.7. The average Bonchev–Trinajstić information content (AvgIpc) is 2.99. The summed E-state index contributed by atoms with van der Waals surface area (Å²) in [6.07, 6.45) is 0.792. The molecule has 0 fully saturated rings. The number of benzene rings is 1. The van der Waals surface area contributed by atoms with Gasteiger partial charge in [-0.1, -0.05) is 18.2 Å². The molecule has 0 spiro atoms. The van der Waals surface area contributed by atoms with Crippen molar-refractivity contribution in [3.63, 3.8) is 0 Å². The van der Waals surface area contributed by atoms with Crippen molar-refractivity contribution >= 4 is 17.4 Å². The number of aryl methyl sites for hydroxylation is 2. The minimum atomic E-state index is -0.477.